The van der Waals surface area contributed by atoms with Crippen LogP contribution in [0.3, 0.4) is 0 Å². The lowest BCUT2D eigenvalue weighted by Gasteiger charge is -2.11. The molecule has 7 nitrogen and oxygen atoms in total. The predicted molar refractivity (Wildman–Crippen MR) is 113 cm³/mol. The molecule has 0 atom stereocenters. The molecule has 1 amide bonds. The Morgan fingerprint density at radius 2 is 1.72 bits per heavy atom. The summed E-state index contributed by atoms with van der Waals surface area (Å²) in [6.45, 7) is 2.41. The van der Waals surface area contributed by atoms with Crippen molar-refractivity contribution in [3.63, 3.8) is 0 Å². The Balaban J connectivity index is 1.63. The quantitative estimate of drug-likeness (QED) is 0.608. The topological polar surface area (TPSA) is 85.4 Å². The van der Waals surface area contributed by atoms with Gasteiger partial charge in [0.1, 0.15) is 17.3 Å². The van der Waals surface area contributed by atoms with Crippen LogP contribution in [0.4, 0.5) is 11.5 Å². The maximum Gasteiger partial charge on any atom is 0.274 e. The van der Waals surface area contributed by atoms with Crippen molar-refractivity contribution in [2.24, 2.45) is 0 Å². The van der Waals surface area contributed by atoms with Crippen molar-refractivity contribution < 1.29 is 14.3 Å². The molecule has 2 aromatic carbocycles. The van der Waals surface area contributed by atoms with Gasteiger partial charge in [-0.1, -0.05) is 24.3 Å². The van der Waals surface area contributed by atoms with Gasteiger partial charge in [0, 0.05) is 18.3 Å². The normalized spacial score (nSPS) is 10.3. The number of para-hydroxylation sites is 1. The van der Waals surface area contributed by atoms with Crippen molar-refractivity contribution in [2.45, 2.75) is 13.3 Å². The fraction of sp³-hybridized carbons (Fsp3) is 0.227. The molecule has 2 N–H and O–H groups in total. The molecule has 0 saturated carbocycles. The van der Waals surface area contributed by atoms with E-state index in [1.54, 1.807) is 27.2 Å². The molecule has 1 heterocycles. The van der Waals surface area contributed by atoms with E-state index >= 15 is 0 Å². The molecule has 0 aliphatic rings. The number of hydrogen-bond acceptors (Lipinski definition) is 6. The summed E-state index contributed by atoms with van der Waals surface area (Å²) < 4.78 is 10.6. The van der Waals surface area contributed by atoms with Gasteiger partial charge in [-0.05, 0) is 43.2 Å². The number of methoxy groups -OCH3 is 2. The van der Waals surface area contributed by atoms with Crippen molar-refractivity contribution in [3.8, 4) is 11.5 Å². The number of hydrogen-bond donors (Lipinski definition) is 2. The number of anilines is 2. The summed E-state index contributed by atoms with van der Waals surface area (Å²) >= 11 is 0. The highest BCUT2D eigenvalue weighted by Crippen LogP contribution is 2.27. The van der Waals surface area contributed by atoms with Crippen LogP contribution in [0, 0.1) is 6.92 Å². The van der Waals surface area contributed by atoms with Gasteiger partial charge in [0.05, 0.1) is 14.2 Å². The van der Waals surface area contributed by atoms with E-state index in [1.807, 2.05) is 48.5 Å². The number of aryl methyl sites for hydroxylation is 1. The Morgan fingerprint density at radius 1 is 0.966 bits per heavy atom. The minimum atomic E-state index is -0.273. The van der Waals surface area contributed by atoms with Gasteiger partial charge >= 0.3 is 0 Å². The maximum absolute atomic E-state index is 12.5. The zero-order valence-corrected chi connectivity index (χ0v) is 16.7. The number of nitrogens with one attached hydrogen (secondary N) is 2. The fourth-order valence-electron chi connectivity index (χ4n) is 2.86. The molecule has 0 bridgehead atoms. The van der Waals surface area contributed by atoms with Crippen LogP contribution in [0.1, 0.15) is 21.9 Å². The molecule has 150 valence electrons. The van der Waals surface area contributed by atoms with Crippen LogP contribution in [0.25, 0.3) is 0 Å². The van der Waals surface area contributed by atoms with Crippen LogP contribution < -0.4 is 20.1 Å². The zero-order chi connectivity index (χ0) is 20.6. The molecule has 0 aliphatic carbocycles. The highest BCUT2D eigenvalue weighted by Gasteiger charge is 2.11. The zero-order valence-electron chi connectivity index (χ0n) is 16.7. The van der Waals surface area contributed by atoms with E-state index in [9.17, 15) is 4.79 Å². The van der Waals surface area contributed by atoms with E-state index in [0.29, 0.717) is 35.4 Å². The second-order valence-corrected chi connectivity index (χ2v) is 6.37. The summed E-state index contributed by atoms with van der Waals surface area (Å²) in [6, 6.07) is 16.8. The van der Waals surface area contributed by atoms with Crippen molar-refractivity contribution >= 4 is 17.4 Å². The monoisotopic (exact) mass is 392 g/mol. The van der Waals surface area contributed by atoms with Crippen LogP contribution in [0.5, 0.6) is 11.5 Å². The molecule has 0 saturated heterocycles. The van der Waals surface area contributed by atoms with Gasteiger partial charge in [-0.3, -0.25) is 4.79 Å². The summed E-state index contributed by atoms with van der Waals surface area (Å²) in [6.07, 6.45) is 0.759. The highest BCUT2D eigenvalue weighted by molar-refractivity contribution is 6.03. The van der Waals surface area contributed by atoms with Gasteiger partial charge in [-0.25, -0.2) is 9.97 Å². The van der Waals surface area contributed by atoms with Gasteiger partial charge in [0.15, 0.2) is 11.5 Å². The van der Waals surface area contributed by atoms with Crippen LogP contribution in [-0.4, -0.2) is 36.6 Å². The molecule has 0 aliphatic heterocycles. The van der Waals surface area contributed by atoms with Gasteiger partial charge < -0.3 is 20.1 Å². The van der Waals surface area contributed by atoms with E-state index in [4.69, 9.17) is 9.47 Å². The standard InChI is InChI=1S/C22H24N4O3/c1-15-24-18(22(27)26-17-7-5-4-6-8-17)14-21(25-15)23-12-11-16-9-10-19(28-2)20(13-16)29-3/h4-10,13-14H,11-12H2,1-3H3,(H,26,27)(H,23,24,25). The number of ether oxygens (including phenoxy) is 2. The number of amides is 1. The Kier molecular flexibility index (Phi) is 6.63. The van der Waals surface area contributed by atoms with Crippen molar-refractivity contribution in [3.05, 3.63) is 71.7 Å². The smallest absolute Gasteiger partial charge is 0.274 e. The first kappa shape index (κ1) is 20.1. The average molecular weight is 392 g/mol. The van der Waals surface area contributed by atoms with E-state index < -0.39 is 0 Å². The molecule has 3 aromatic rings. The number of aromatic nitrogens is 2. The van der Waals surface area contributed by atoms with Crippen molar-refractivity contribution in [2.75, 3.05) is 31.4 Å². The number of benzene rings is 2. The molecule has 0 spiro atoms. The fourth-order valence-corrected chi connectivity index (χ4v) is 2.86. The molecule has 0 fully saturated rings. The average Bonchev–Trinajstić information content (AvgIpc) is 2.74. The molecule has 0 unspecified atom stereocenters. The first-order chi connectivity index (χ1) is 14.1. The predicted octanol–water partition coefficient (Wildman–Crippen LogP) is 3.71. The Labute approximate surface area is 170 Å². The summed E-state index contributed by atoms with van der Waals surface area (Å²) in [5.74, 6) is 2.26. The molecule has 3 rings (SSSR count). The lowest BCUT2D eigenvalue weighted by Crippen LogP contribution is -2.16. The Bertz CT molecular complexity index is 977. The lowest BCUT2D eigenvalue weighted by atomic mass is 10.1. The largest absolute Gasteiger partial charge is 0.493 e. The Morgan fingerprint density at radius 3 is 2.45 bits per heavy atom. The lowest BCUT2D eigenvalue weighted by molar-refractivity contribution is 0.102. The summed E-state index contributed by atoms with van der Waals surface area (Å²) in [7, 11) is 3.23. The number of rotatable bonds is 8. The Hall–Kier alpha value is -3.61. The van der Waals surface area contributed by atoms with Crippen LogP contribution in [0.15, 0.2) is 54.6 Å². The number of carbonyl (C=O) groups excluding carboxylic acids is 1. The van der Waals surface area contributed by atoms with E-state index in [0.717, 1.165) is 17.7 Å². The molecule has 0 radical (unpaired) electrons. The first-order valence-electron chi connectivity index (χ1n) is 9.26. The third-order valence-electron chi connectivity index (χ3n) is 4.27. The second kappa shape index (κ2) is 9.54. The summed E-state index contributed by atoms with van der Waals surface area (Å²) in [5, 5.41) is 6.09. The highest BCUT2D eigenvalue weighted by atomic mass is 16.5. The maximum atomic E-state index is 12.5. The van der Waals surface area contributed by atoms with E-state index in [2.05, 4.69) is 20.6 Å². The van der Waals surface area contributed by atoms with Crippen LogP contribution in [0.2, 0.25) is 0 Å². The van der Waals surface area contributed by atoms with Gasteiger partial charge in [-0.2, -0.15) is 0 Å². The number of nitrogens with zero attached hydrogens (tertiary/aromatic N) is 2. The summed E-state index contributed by atoms with van der Waals surface area (Å²) in [4.78, 5) is 21.1. The van der Waals surface area contributed by atoms with E-state index in [1.165, 1.54) is 0 Å². The molecule has 7 heteroatoms. The van der Waals surface area contributed by atoms with Crippen molar-refractivity contribution in [1.29, 1.82) is 0 Å². The molecule has 1 aromatic heterocycles. The minimum Gasteiger partial charge on any atom is -0.493 e. The third-order valence-corrected chi connectivity index (χ3v) is 4.27. The minimum absolute atomic E-state index is 0.273. The third kappa shape index (κ3) is 5.44. The van der Waals surface area contributed by atoms with Crippen molar-refractivity contribution in [1.82, 2.24) is 9.97 Å². The van der Waals surface area contributed by atoms with Gasteiger partial charge in [0.2, 0.25) is 0 Å². The first-order valence-corrected chi connectivity index (χ1v) is 9.26. The van der Waals surface area contributed by atoms with Gasteiger partial charge in [-0.15, -0.1) is 0 Å². The molecular formula is C22H24N4O3. The number of carbonyl (C=O) groups is 1. The SMILES string of the molecule is COc1ccc(CCNc2cc(C(=O)Nc3ccccc3)nc(C)n2)cc1OC. The summed E-state index contributed by atoms with van der Waals surface area (Å²) in [5.41, 5.74) is 2.13. The molecule has 29 heavy (non-hydrogen) atoms. The second-order valence-electron chi connectivity index (χ2n) is 6.37. The van der Waals surface area contributed by atoms with E-state index in [-0.39, 0.29) is 5.91 Å². The van der Waals surface area contributed by atoms with Crippen LogP contribution in [-0.2, 0) is 6.42 Å². The van der Waals surface area contributed by atoms with Gasteiger partial charge in [0.25, 0.3) is 5.91 Å². The molecular weight excluding hydrogens is 368 g/mol. The van der Waals surface area contributed by atoms with Crippen LogP contribution >= 0.6 is 0 Å².